The first kappa shape index (κ1) is 19.6. The van der Waals surface area contributed by atoms with Gasteiger partial charge in [-0.2, -0.15) is 0 Å². The maximum atomic E-state index is 3.97. The van der Waals surface area contributed by atoms with Crippen molar-refractivity contribution in [1.29, 1.82) is 0 Å². The van der Waals surface area contributed by atoms with Crippen LogP contribution in [0.15, 0.2) is 52.4 Å². The van der Waals surface area contributed by atoms with Gasteiger partial charge >= 0.3 is 155 Å². The molecule has 0 unspecified atom stereocenters. The molecule has 1 nitrogen and oxygen atoms in total. The van der Waals surface area contributed by atoms with E-state index in [4.69, 9.17) is 0 Å². The van der Waals surface area contributed by atoms with Gasteiger partial charge in [-0.25, -0.2) is 0 Å². The zero-order valence-electron chi connectivity index (χ0n) is 15.9. The van der Waals surface area contributed by atoms with Gasteiger partial charge in [-0.15, -0.1) is 0 Å². The number of benzene rings is 3. The van der Waals surface area contributed by atoms with Crippen molar-refractivity contribution in [3.05, 3.63) is 63.5 Å². The molecule has 0 atom stereocenters. The second kappa shape index (κ2) is 6.76. The molecular formula is C23H31NSiTi. The van der Waals surface area contributed by atoms with E-state index in [1.807, 2.05) is 0 Å². The molecule has 0 saturated carbocycles. The fraction of sp³-hybridized carbons (Fsp3) is 0.304. The van der Waals surface area contributed by atoms with Crippen molar-refractivity contribution in [2.45, 2.75) is 43.2 Å². The van der Waals surface area contributed by atoms with Crippen molar-refractivity contribution in [2.75, 3.05) is 0 Å². The number of nitrogens with one attached hydrogen (secondary N) is 1. The molecular weight excluding hydrogens is 366 g/mol. The average Bonchev–Trinajstić information content (AvgIpc) is 2.97. The number of hydrogen-bond donors (Lipinski definition) is 1. The van der Waals surface area contributed by atoms with Crippen LogP contribution in [-0.4, -0.2) is 16.5 Å². The molecule has 0 aromatic heterocycles. The Kier molecular flexibility index (Phi) is 5.09. The van der Waals surface area contributed by atoms with Crippen molar-refractivity contribution in [3.63, 3.8) is 0 Å². The fourth-order valence-corrected chi connectivity index (χ4v) is 9.29. The van der Waals surface area contributed by atoms with Crippen LogP contribution >= 0.6 is 0 Å². The van der Waals surface area contributed by atoms with E-state index >= 15 is 0 Å². The molecule has 3 aromatic carbocycles. The van der Waals surface area contributed by atoms with Gasteiger partial charge in [0.2, 0.25) is 0 Å². The topological polar surface area (TPSA) is 12.0 Å². The van der Waals surface area contributed by atoms with E-state index in [-0.39, 0.29) is 16.5 Å². The van der Waals surface area contributed by atoms with Crippen molar-refractivity contribution in [1.82, 2.24) is 3.80 Å². The molecule has 3 heteroatoms. The van der Waals surface area contributed by atoms with Gasteiger partial charge in [0.05, 0.1) is 0 Å². The first-order valence-electron chi connectivity index (χ1n) is 9.18. The van der Waals surface area contributed by atoms with E-state index in [9.17, 15) is 0 Å². The molecule has 3 aromatic rings. The first-order chi connectivity index (χ1) is 11.7. The molecule has 0 saturated heterocycles. The summed E-state index contributed by atoms with van der Waals surface area (Å²) in [5, 5.41) is 10.4. The van der Waals surface area contributed by atoms with Crippen molar-refractivity contribution in [2.24, 2.45) is 0 Å². The standard InChI is InChI=1S/C17H11.C4H10N.2CH3.H4Si.Ti/c1-2-6-14-12(4-1)8-10-17-15-7-3-5-13(15)9-11-16(14)17;1-4(2,3)5;;;;/h1-2,4,6-11H,5H2;5H,1-3H3;2*1H3;1H4;/q;-1;;;;+1. The molecule has 0 spiro atoms. The molecule has 4 rings (SSSR count). The van der Waals surface area contributed by atoms with Crippen LogP contribution in [0.5, 0.6) is 0 Å². The molecule has 1 aliphatic rings. The summed E-state index contributed by atoms with van der Waals surface area (Å²) in [6.45, 7) is 6.85. The Bertz CT molecular complexity index is 1010. The summed E-state index contributed by atoms with van der Waals surface area (Å²) >= 11 is -2.20. The molecule has 0 amide bonds. The zero-order valence-corrected chi connectivity index (χ0v) is 17.5. The molecule has 26 heavy (non-hydrogen) atoms. The maximum absolute atomic E-state index is 3.97. The summed E-state index contributed by atoms with van der Waals surface area (Å²) in [7, 11) is 0. The number of fused-ring (bicyclic) bond motifs is 5. The Hall–Kier alpha value is -1.19. The molecule has 0 heterocycles. The predicted molar refractivity (Wildman–Crippen MR) is 119 cm³/mol. The van der Waals surface area contributed by atoms with Gasteiger partial charge in [0, 0.05) is 0 Å². The molecule has 0 bridgehead atoms. The normalized spacial score (nSPS) is 14.3. The smallest absolute Gasteiger partial charge is 0.0149 e. The third kappa shape index (κ3) is 3.48. The van der Waals surface area contributed by atoms with Gasteiger partial charge in [-0.1, -0.05) is 0 Å². The van der Waals surface area contributed by atoms with Gasteiger partial charge in [-0.3, -0.25) is 0 Å². The minimum Gasteiger partial charge on any atom is -0.0149 e. The Balaban J connectivity index is 0.00000196. The molecule has 136 valence electrons. The Labute approximate surface area is 165 Å². The number of rotatable bonds is 2. The fourth-order valence-electron chi connectivity index (χ4n) is 4.33. The van der Waals surface area contributed by atoms with Crippen LogP contribution in [0, 0.1) is 0 Å². The number of allylic oxidation sites excluding steroid dienone is 1. The second-order valence-corrected chi connectivity index (χ2v) is 15.3. The quantitative estimate of drug-likeness (QED) is 0.474. The summed E-state index contributed by atoms with van der Waals surface area (Å²) in [5.74, 6) is 0. The minimum atomic E-state index is -2.20. The van der Waals surface area contributed by atoms with Crippen LogP contribution in [0.25, 0.3) is 27.6 Å². The van der Waals surface area contributed by atoms with Crippen LogP contribution in [0.3, 0.4) is 0 Å². The Morgan fingerprint density at radius 3 is 2.27 bits per heavy atom. The summed E-state index contributed by atoms with van der Waals surface area (Å²) in [6.07, 6.45) is 3.62. The third-order valence-corrected chi connectivity index (χ3v) is 10.4. The minimum absolute atomic E-state index is 0. The van der Waals surface area contributed by atoms with Crippen molar-refractivity contribution < 1.29 is 16.8 Å². The van der Waals surface area contributed by atoms with E-state index in [1.165, 1.54) is 32.7 Å². The SMILES string of the molecule is CC(C)(C)[NH][Ti]([CH3])([CH3])[C]1=Cc2c(ccc3c2ccc2ccccc23)C1.[SiH4]. The Morgan fingerprint density at radius 1 is 0.846 bits per heavy atom. The first-order valence-corrected chi connectivity index (χ1v) is 13.9. The van der Waals surface area contributed by atoms with Crippen LogP contribution < -0.4 is 3.80 Å². The molecule has 0 radical (unpaired) electrons. The molecule has 1 N–H and O–H groups in total. The summed E-state index contributed by atoms with van der Waals surface area (Å²) in [6, 6.07) is 18.0. The second-order valence-electron chi connectivity index (χ2n) is 8.87. The van der Waals surface area contributed by atoms with Gasteiger partial charge in [0.1, 0.15) is 0 Å². The molecule has 1 aliphatic carbocycles. The van der Waals surface area contributed by atoms with Gasteiger partial charge in [0.15, 0.2) is 0 Å². The predicted octanol–water partition coefficient (Wildman–Crippen LogP) is 4.99. The summed E-state index contributed by atoms with van der Waals surface area (Å²) in [4.78, 5) is 0. The van der Waals surface area contributed by atoms with Crippen molar-refractivity contribution in [3.8, 4) is 0 Å². The van der Waals surface area contributed by atoms with Crippen LogP contribution in [0.2, 0.25) is 10.5 Å². The monoisotopic (exact) mass is 397 g/mol. The van der Waals surface area contributed by atoms with Crippen LogP contribution in [0.4, 0.5) is 0 Å². The average molecular weight is 397 g/mol. The van der Waals surface area contributed by atoms with E-state index in [0.717, 1.165) is 6.42 Å². The van der Waals surface area contributed by atoms with Crippen LogP contribution in [-0.2, 0) is 23.3 Å². The van der Waals surface area contributed by atoms with E-state index < -0.39 is 16.8 Å². The Morgan fingerprint density at radius 2 is 1.54 bits per heavy atom. The van der Waals surface area contributed by atoms with Gasteiger partial charge in [0.25, 0.3) is 0 Å². The molecule has 0 fully saturated rings. The van der Waals surface area contributed by atoms with Gasteiger partial charge < -0.3 is 0 Å². The molecule has 0 aliphatic heterocycles. The zero-order chi connectivity index (χ0) is 17.8. The van der Waals surface area contributed by atoms with Crippen molar-refractivity contribution >= 4 is 38.6 Å². The third-order valence-electron chi connectivity index (χ3n) is 5.25. The number of hydrogen-bond acceptors (Lipinski definition) is 1. The maximum Gasteiger partial charge on any atom is -0.0149 e. The van der Waals surface area contributed by atoms with E-state index in [1.54, 1.807) is 3.88 Å². The van der Waals surface area contributed by atoms with E-state index in [0.29, 0.717) is 0 Å². The van der Waals surface area contributed by atoms with E-state index in [2.05, 4.69) is 89.6 Å². The van der Waals surface area contributed by atoms with Gasteiger partial charge in [-0.05, 0) is 11.0 Å². The largest absolute Gasteiger partial charge is 0.0149 e. The summed E-state index contributed by atoms with van der Waals surface area (Å²) < 4.78 is 5.63. The van der Waals surface area contributed by atoms with Crippen LogP contribution in [0.1, 0.15) is 31.9 Å². The summed E-state index contributed by atoms with van der Waals surface area (Å²) in [5.41, 5.74) is 3.12.